The van der Waals surface area contributed by atoms with Crippen LogP contribution in [0.1, 0.15) is 5.56 Å². The molecule has 0 amide bonds. The molecule has 1 nitrogen and oxygen atoms in total. The van der Waals surface area contributed by atoms with E-state index in [9.17, 15) is 8.78 Å². The number of hydrogen-bond donors (Lipinski definition) is 0. The van der Waals surface area contributed by atoms with Gasteiger partial charge in [0.1, 0.15) is 11.6 Å². The summed E-state index contributed by atoms with van der Waals surface area (Å²) in [6, 6.07) is 3.52. The predicted molar refractivity (Wildman–Crippen MR) is 44.2 cm³/mol. The average Bonchev–Trinajstić information content (AvgIpc) is 1.99. The van der Waals surface area contributed by atoms with Gasteiger partial charge in [-0.25, -0.2) is 8.78 Å². The Bertz CT molecular complexity index is 240. The summed E-state index contributed by atoms with van der Waals surface area (Å²) in [5.74, 6) is -1.05. The molecule has 0 bridgehead atoms. The Kier molecular flexibility index (Phi) is 3.17. The van der Waals surface area contributed by atoms with E-state index in [0.717, 1.165) is 6.07 Å². The third kappa shape index (κ3) is 2.58. The first kappa shape index (κ1) is 9.13. The van der Waals surface area contributed by atoms with Crippen molar-refractivity contribution < 1.29 is 8.78 Å². The summed E-state index contributed by atoms with van der Waals surface area (Å²) in [5, 5.41) is 3.85. The Hall–Kier alpha value is -0.960. The zero-order valence-corrected chi connectivity index (χ0v) is 6.85. The van der Waals surface area contributed by atoms with Crippen molar-refractivity contribution in [2.24, 2.45) is 0 Å². The second-order valence-electron chi connectivity index (χ2n) is 2.57. The first-order valence-electron chi connectivity index (χ1n) is 3.73. The Morgan fingerprint density at radius 3 is 2.25 bits per heavy atom. The monoisotopic (exact) mass is 170 g/mol. The summed E-state index contributed by atoms with van der Waals surface area (Å²) in [6.45, 7) is 0.600. The molecule has 0 unspecified atom stereocenters. The Labute approximate surface area is 70.4 Å². The molecular formula is C9H10F2N-. The normalized spacial score (nSPS) is 10.2. The highest BCUT2D eigenvalue weighted by Gasteiger charge is 1.97. The lowest BCUT2D eigenvalue weighted by atomic mass is 10.1. The Morgan fingerprint density at radius 1 is 1.17 bits per heavy atom. The van der Waals surface area contributed by atoms with Gasteiger partial charge >= 0.3 is 0 Å². The van der Waals surface area contributed by atoms with Gasteiger partial charge in [0.05, 0.1) is 0 Å². The molecule has 1 aromatic rings. The molecule has 0 aliphatic rings. The van der Waals surface area contributed by atoms with E-state index in [1.54, 1.807) is 7.05 Å². The molecule has 1 rings (SSSR count). The van der Waals surface area contributed by atoms with Crippen molar-refractivity contribution in [2.45, 2.75) is 6.42 Å². The molecule has 0 N–H and O–H groups in total. The quantitative estimate of drug-likeness (QED) is 0.661. The Balaban J connectivity index is 2.72. The van der Waals surface area contributed by atoms with E-state index in [1.807, 2.05) is 0 Å². The highest BCUT2D eigenvalue weighted by Crippen LogP contribution is 2.08. The molecule has 0 aromatic heterocycles. The van der Waals surface area contributed by atoms with Crippen LogP contribution in [0.2, 0.25) is 0 Å². The van der Waals surface area contributed by atoms with Crippen molar-refractivity contribution in [3.8, 4) is 0 Å². The van der Waals surface area contributed by atoms with Crippen molar-refractivity contribution >= 4 is 0 Å². The van der Waals surface area contributed by atoms with E-state index in [2.05, 4.69) is 5.32 Å². The molecule has 0 aliphatic carbocycles. The van der Waals surface area contributed by atoms with Gasteiger partial charge in [0, 0.05) is 6.07 Å². The predicted octanol–water partition coefficient (Wildman–Crippen LogP) is 2.51. The maximum atomic E-state index is 12.6. The summed E-state index contributed by atoms with van der Waals surface area (Å²) in [7, 11) is 1.68. The molecule has 0 heterocycles. The first-order chi connectivity index (χ1) is 5.72. The van der Waals surface area contributed by atoms with E-state index in [1.165, 1.54) is 12.1 Å². The lowest BCUT2D eigenvalue weighted by molar-refractivity contribution is 0.580. The molecule has 0 fully saturated rings. The molecule has 3 heteroatoms. The van der Waals surface area contributed by atoms with Gasteiger partial charge in [-0.1, -0.05) is 0 Å². The van der Waals surface area contributed by atoms with E-state index >= 15 is 0 Å². The van der Waals surface area contributed by atoms with Crippen LogP contribution in [0.15, 0.2) is 18.2 Å². The number of halogens is 2. The minimum atomic E-state index is -0.527. The van der Waals surface area contributed by atoms with Gasteiger partial charge in [-0.05, 0) is 24.1 Å². The van der Waals surface area contributed by atoms with Crippen LogP contribution < -0.4 is 0 Å². The second kappa shape index (κ2) is 4.16. The van der Waals surface area contributed by atoms with E-state index < -0.39 is 11.6 Å². The molecule has 12 heavy (non-hydrogen) atoms. The molecule has 0 atom stereocenters. The Morgan fingerprint density at radius 2 is 1.75 bits per heavy atom. The zero-order chi connectivity index (χ0) is 8.97. The summed E-state index contributed by atoms with van der Waals surface area (Å²) in [6.07, 6.45) is 0.588. The van der Waals surface area contributed by atoms with E-state index in [4.69, 9.17) is 0 Å². The summed E-state index contributed by atoms with van der Waals surface area (Å²) >= 11 is 0. The first-order valence-corrected chi connectivity index (χ1v) is 3.73. The fourth-order valence-electron chi connectivity index (χ4n) is 0.996. The van der Waals surface area contributed by atoms with Crippen LogP contribution in [0.5, 0.6) is 0 Å². The third-order valence-electron chi connectivity index (χ3n) is 1.55. The summed E-state index contributed by atoms with van der Waals surface area (Å²) in [5.41, 5.74) is 0.651. The molecule has 0 spiro atoms. The topological polar surface area (TPSA) is 14.1 Å². The van der Waals surface area contributed by atoms with Crippen molar-refractivity contribution in [3.05, 3.63) is 40.7 Å². The fraction of sp³-hybridized carbons (Fsp3) is 0.333. The number of rotatable bonds is 3. The van der Waals surface area contributed by atoms with Gasteiger partial charge in [-0.2, -0.15) is 7.05 Å². The smallest absolute Gasteiger partial charge is 0.126 e. The van der Waals surface area contributed by atoms with Crippen LogP contribution in [-0.4, -0.2) is 13.6 Å². The molecule has 66 valence electrons. The van der Waals surface area contributed by atoms with Gasteiger partial charge in [-0.15, -0.1) is 6.54 Å². The summed E-state index contributed by atoms with van der Waals surface area (Å²) in [4.78, 5) is 0. The molecule has 1 aromatic carbocycles. The molecule has 0 aliphatic heterocycles. The van der Waals surface area contributed by atoms with Crippen molar-refractivity contribution in [1.82, 2.24) is 0 Å². The maximum absolute atomic E-state index is 12.6. The number of hydrogen-bond acceptors (Lipinski definition) is 0. The van der Waals surface area contributed by atoms with Crippen molar-refractivity contribution in [2.75, 3.05) is 13.6 Å². The highest BCUT2D eigenvalue weighted by atomic mass is 19.1. The van der Waals surface area contributed by atoms with Crippen molar-refractivity contribution in [3.63, 3.8) is 0 Å². The number of likely N-dealkylation sites (N-methyl/N-ethyl adjacent to an activating group) is 1. The van der Waals surface area contributed by atoms with Gasteiger partial charge in [0.25, 0.3) is 0 Å². The van der Waals surface area contributed by atoms with Gasteiger partial charge in [0.15, 0.2) is 0 Å². The van der Waals surface area contributed by atoms with Crippen LogP contribution in [0.3, 0.4) is 0 Å². The lowest BCUT2D eigenvalue weighted by Crippen LogP contribution is -1.92. The van der Waals surface area contributed by atoms with Crippen molar-refractivity contribution in [1.29, 1.82) is 0 Å². The zero-order valence-electron chi connectivity index (χ0n) is 6.85. The molecule has 0 saturated carbocycles. The number of nitrogens with zero attached hydrogens (tertiary/aromatic N) is 1. The van der Waals surface area contributed by atoms with Crippen LogP contribution in [0.4, 0.5) is 8.78 Å². The SMILES string of the molecule is C[N-]CCc1cc(F)cc(F)c1. The van der Waals surface area contributed by atoms with Crippen LogP contribution >= 0.6 is 0 Å². The van der Waals surface area contributed by atoms with Gasteiger partial charge in [-0.3, -0.25) is 0 Å². The van der Waals surface area contributed by atoms with E-state index in [0.29, 0.717) is 18.5 Å². The standard InChI is InChI=1S/C9H10F2N/c1-12-3-2-7-4-8(10)6-9(11)5-7/h4-6H,2-3H2,1H3/q-1. The molecule has 0 radical (unpaired) electrons. The maximum Gasteiger partial charge on any atom is 0.126 e. The second-order valence-corrected chi connectivity index (χ2v) is 2.57. The minimum Gasteiger partial charge on any atom is -0.665 e. The molecular weight excluding hydrogens is 160 g/mol. The van der Waals surface area contributed by atoms with E-state index in [-0.39, 0.29) is 0 Å². The average molecular weight is 170 g/mol. The number of benzene rings is 1. The van der Waals surface area contributed by atoms with Crippen LogP contribution in [-0.2, 0) is 6.42 Å². The lowest BCUT2D eigenvalue weighted by Gasteiger charge is -2.10. The summed E-state index contributed by atoms with van der Waals surface area (Å²) < 4.78 is 25.2. The highest BCUT2D eigenvalue weighted by molar-refractivity contribution is 5.18. The largest absolute Gasteiger partial charge is 0.665 e. The fourth-order valence-corrected chi connectivity index (χ4v) is 0.996. The minimum absolute atomic E-state index is 0.527. The van der Waals surface area contributed by atoms with Crippen LogP contribution in [0.25, 0.3) is 5.32 Å². The molecule has 0 saturated heterocycles. The van der Waals surface area contributed by atoms with Gasteiger partial charge < -0.3 is 5.32 Å². The third-order valence-corrected chi connectivity index (χ3v) is 1.55. The van der Waals surface area contributed by atoms with Crippen LogP contribution in [0, 0.1) is 11.6 Å². The van der Waals surface area contributed by atoms with Gasteiger partial charge in [0.2, 0.25) is 0 Å².